The van der Waals surface area contributed by atoms with Crippen LogP contribution in [-0.2, 0) is 4.84 Å². The number of rotatable bonds is 5. The molecule has 0 amide bonds. The van der Waals surface area contributed by atoms with Crippen LogP contribution in [-0.4, -0.2) is 30.5 Å². The van der Waals surface area contributed by atoms with Crippen LogP contribution in [0.2, 0.25) is 10.0 Å². The summed E-state index contributed by atoms with van der Waals surface area (Å²) in [6.07, 6.45) is 2.40. The zero-order valence-electron chi connectivity index (χ0n) is 16.0. The third kappa shape index (κ3) is 4.45. The summed E-state index contributed by atoms with van der Waals surface area (Å²) < 4.78 is 0. The molecule has 1 unspecified atom stereocenters. The first kappa shape index (κ1) is 19.7. The van der Waals surface area contributed by atoms with Crippen molar-refractivity contribution in [3.8, 4) is 0 Å². The lowest BCUT2D eigenvalue weighted by Gasteiger charge is -2.15. The highest BCUT2D eigenvalue weighted by atomic mass is 35.5. The van der Waals surface area contributed by atoms with Crippen molar-refractivity contribution in [3.05, 3.63) is 62.6 Å². The van der Waals surface area contributed by atoms with Gasteiger partial charge in [-0.3, -0.25) is 0 Å². The van der Waals surface area contributed by atoms with Gasteiger partial charge in [0.1, 0.15) is 0 Å². The molecule has 27 heavy (non-hydrogen) atoms. The van der Waals surface area contributed by atoms with E-state index in [0.717, 1.165) is 40.2 Å². The highest BCUT2D eigenvalue weighted by Crippen LogP contribution is 2.36. The van der Waals surface area contributed by atoms with Crippen molar-refractivity contribution in [3.63, 3.8) is 0 Å². The van der Waals surface area contributed by atoms with Crippen molar-refractivity contribution in [1.29, 1.82) is 0 Å². The Bertz CT molecular complexity index is 909. The van der Waals surface area contributed by atoms with Crippen LogP contribution in [0.5, 0.6) is 0 Å². The molecule has 142 valence electrons. The fourth-order valence-electron chi connectivity index (χ4n) is 2.98. The van der Waals surface area contributed by atoms with E-state index in [0.29, 0.717) is 16.5 Å². The molecule has 6 heteroatoms. The molecule has 1 aliphatic heterocycles. The van der Waals surface area contributed by atoms with Gasteiger partial charge in [-0.1, -0.05) is 34.4 Å². The first-order valence-electron chi connectivity index (χ1n) is 8.92. The highest BCUT2D eigenvalue weighted by molar-refractivity contribution is 6.37. The molecule has 1 aliphatic rings. The number of hydrogen-bond donors (Lipinski definition) is 0. The van der Waals surface area contributed by atoms with Gasteiger partial charge in [-0.2, -0.15) is 0 Å². The number of hydrogen-bond acceptors (Lipinski definition) is 3. The molecule has 2 aromatic rings. The van der Waals surface area contributed by atoms with Crippen LogP contribution in [0.1, 0.15) is 41.7 Å². The molecule has 0 aromatic heterocycles. The van der Waals surface area contributed by atoms with Gasteiger partial charge in [-0.25, -0.2) is 4.99 Å². The molecule has 0 N–H and O–H groups in total. The predicted octanol–water partition coefficient (Wildman–Crippen LogP) is 6.09. The average Bonchev–Trinajstić information content (AvgIpc) is 3.11. The molecule has 0 bridgehead atoms. The topological polar surface area (TPSA) is 37.2 Å². The minimum atomic E-state index is -0.123. The fourth-order valence-corrected chi connectivity index (χ4v) is 3.50. The quantitative estimate of drug-likeness (QED) is 0.447. The Balaban J connectivity index is 1.80. The Hall–Kier alpha value is -2.04. The zero-order valence-corrected chi connectivity index (χ0v) is 17.5. The van der Waals surface area contributed by atoms with Crippen LogP contribution >= 0.6 is 23.2 Å². The van der Waals surface area contributed by atoms with Crippen LogP contribution in [0.3, 0.4) is 0 Å². The largest absolute Gasteiger partial charge is 0.387 e. The molecule has 0 aliphatic carbocycles. The monoisotopic (exact) mass is 403 g/mol. The lowest BCUT2D eigenvalue weighted by molar-refractivity contribution is 0.0852. The average molecular weight is 404 g/mol. The van der Waals surface area contributed by atoms with E-state index in [1.165, 1.54) is 0 Å². The van der Waals surface area contributed by atoms with Crippen molar-refractivity contribution in [2.75, 3.05) is 13.6 Å². The summed E-state index contributed by atoms with van der Waals surface area (Å²) in [6, 6.07) is 9.66. The zero-order chi connectivity index (χ0) is 19.6. The van der Waals surface area contributed by atoms with Gasteiger partial charge in [0, 0.05) is 30.6 Å². The van der Waals surface area contributed by atoms with Crippen molar-refractivity contribution < 1.29 is 4.84 Å². The van der Waals surface area contributed by atoms with Gasteiger partial charge in [-0.05, 0) is 61.7 Å². The number of benzene rings is 2. The van der Waals surface area contributed by atoms with E-state index in [-0.39, 0.29) is 6.10 Å². The maximum atomic E-state index is 6.31. The maximum Gasteiger partial charge on any atom is 0.158 e. The summed E-state index contributed by atoms with van der Waals surface area (Å²) in [6.45, 7) is 7.15. The number of oxime groups is 1. The Labute approximate surface area is 170 Å². The Kier molecular flexibility index (Phi) is 6.08. The molecule has 0 fully saturated rings. The summed E-state index contributed by atoms with van der Waals surface area (Å²) >= 11 is 12.3. The Morgan fingerprint density at radius 2 is 2.00 bits per heavy atom. The van der Waals surface area contributed by atoms with E-state index in [9.17, 15) is 0 Å². The van der Waals surface area contributed by atoms with Crippen LogP contribution in [0.25, 0.3) is 0 Å². The van der Waals surface area contributed by atoms with Crippen LogP contribution in [0, 0.1) is 13.8 Å². The number of aryl methyl sites for hydroxylation is 2. The van der Waals surface area contributed by atoms with Gasteiger partial charge in [-0.15, -0.1) is 0 Å². The molecule has 2 aromatic carbocycles. The van der Waals surface area contributed by atoms with Crippen LogP contribution in [0.15, 0.2) is 40.5 Å². The molecule has 4 nitrogen and oxygen atoms in total. The summed E-state index contributed by atoms with van der Waals surface area (Å²) in [5.41, 5.74) is 6.04. The highest BCUT2D eigenvalue weighted by Gasteiger charge is 2.27. The summed E-state index contributed by atoms with van der Waals surface area (Å²) in [5, 5.41) is 5.46. The van der Waals surface area contributed by atoms with Crippen LogP contribution in [0.4, 0.5) is 5.69 Å². The van der Waals surface area contributed by atoms with E-state index in [1.54, 1.807) is 6.07 Å². The molecule has 3 rings (SSSR count). The molecule has 1 heterocycles. The van der Waals surface area contributed by atoms with Gasteiger partial charge in [0.05, 0.1) is 22.8 Å². The van der Waals surface area contributed by atoms with Gasteiger partial charge < -0.3 is 9.74 Å². The predicted molar refractivity (Wildman–Crippen MR) is 114 cm³/mol. The molecular weight excluding hydrogens is 381 g/mol. The maximum absolute atomic E-state index is 6.31. The van der Waals surface area contributed by atoms with Crippen molar-refractivity contribution >= 4 is 40.9 Å². The lowest BCUT2D eigenvalue weighted by Crippen LogP contribution is -2.14. The minimum Gasteiger partial charge on any atom is -0.387 e. The third-order valence-electron chi connectivity index (χ3n) is 4.74. The van der Waals surface area contributed by atoms with Gasteiger partial charge >= 0.3 is 0 Å². The summed E-state index contributed by atoms with van der Waals surface area (Å²) in [5.74, 6) is 0. The number of nitrogens with zero attached hydrogens (tertiary/aromatic N) is 3. The second-order valence-corrected chi connectivity index (χ2v) is 7.62. The minimum absolute atomic E-state index is 0.123. The van der Waals surface area contributed by atoms with Crippen LogP contribution < -0.4 is 0 Å². The second kappa shape index (κ2) is 8.32. The van der Waals surface area contributed by atoms with Gasteiger partial charge in [0.2, 0.25) is 0 Å². The van der Waals surface area contributed by atoms with E-state index < -0.39 is 0 Å². The fraction of sp³-hybridized carbons (Fsp3) is 0.333. The Morgan fingerprint density at radius 1 is 1.22 bits per heavy atom. The van der Waals surface area contributed by atoms with E-state index in [1.807, 2.05) is 30.4 Å². The van der Waals surface area contributed by atoms with Gasteiger partial charge in [0.15, 0.2) is 6.10 Å². The standard InChI is InChI=1S/C21H23Cl2N3O/c1-5-26(4)12-24-19-9-13(2)17(8-14(19)3)21-11-20(25-27-21)16-7-6-15(22)10-18(16)23/h6-10,12,21H,5,11H2,1-4H3/b24-12-. The van der Waals surface area contributed by atoms with E-state index >= 15 is 0 Å². The molecule has 0 radical (unpaired) electrons. The molecule has 0 saturated carbocycles. The van der Waals surface area contributed by atoms with E-state index in [4.69, 9.17) is 28.0 Å². The van der Waals surface area contributed by atoms with Gasteiger partial charge in [0.25, 0.3) is 0 Å². The normalized spacial score (nSPS) is 16.5. The first-order valence-corrected chi connectivity index (χ1v) is 9.68. The van der Waals surface area contributed by atoms with Crippen molar-refractivity contribution in [2.24, 2.45) is 10.1 Å². The number of aliphatic imine (C=N–C) groups is 1. The molecule has 0 saturated heterocycles. The number of halogens is 2. The second-order valence-electron chi connectivity index (χ2n) is 6.77. The lowest BCUT2D eigenvalue weighted by atomic mass is 9.95. The molecule has 0 spiro atoms. The molecule has 1 atom stereocenters. The third-order valence-corrected chi connectivity index (χ3v) is 5.28. The van der Waals surface area contributed by atoms with Crippen molar-refractivity contribution in [2.45, 2.75) is 33.3 Å². The van der Waals surface area contributed by atoms with E-state index in [2.05, 4.69) is 43.1 Å². The van der Waals surface area contributed by atoms with Crippen molar-refractivity contribution in [1.82, 2.24) is 4.90 Å². The first-order chi connectivity index (χ1) is 12.9. The molecular formula is C21H23Cl2N3O. The Morgan fingerprint density at radius 3 is 2.70 bits per heavy atom. The smallest absolute Gasteiger partial charge is 0.158 e. The SMILES string of the molecule is CCN(C)/C=N\c1cc(C)c(C2CC(c3ccc(Cl)cc3Cl)=NO2)cc1C. The summed E-state index contributed by atoms with van der Waals surface area (Å²) in [7, 11) is 2.01. The summed E-state index contributed by atoms with van der Waals surface area (Å²) in [4.78, 5) is 12.4.